The predicted octanol–water partition coefficient (Wildman–Crippen LogP) is 3.05. The van der Waals surface area contributed by atoms with Crippen LogP contribution in [0, 0.1) is 0 Å². The van der Waals surface area contributed by atoms with Crippen molar-refractivity contribution in [3.05, 3.63) is 58.7 Å². The van der Waals surface area contributed by atoms with Gasteiger partial charge in [-0.05, 0) is 24.5 Å². The predicted molar refractivity (Wildman–Crippen MR) is 77.9 cm³/mol. The molecule has 0 amide bonds. The van der Waals surface area contributed by atoms with Crippen molar-refractivity contribution in [3.63, 3.8) is 0 Å². The van der Waals surface area contributed by atoms with Crippen molar-refractivity contribution in [1.82, 2.24) is 4.98 Å². The summed E-state index contributed by atoms with van der Waals surface area (Å²) in [6.45, 7) is 0. The fraction of sp³-hybridized carbons (Fsp3) is 0.267. The highest BCUT2D eigenvalue weighted by atomic mass is 35.5. The molecule has 1 aliphatic rings. The van der Waals surface area contributed by atoms with E-state index in [2.05, 4.69) is 17.1 Å². The van der Waals surface area contributed by atoms with Gasteiger partial charge in [0.05, 0.1) is 5.02 Å². The molecule has 98 valence electrons. The first-order chi connectivity index (χ1) is 9.13. The second-order valence-corrected chi connectivity index (χ2v) is 5.56. The molecule has 1 heterocycles. The van der Waals surface area contributed by atoms with Gasteiger partial charge < -0.3 is 11.5 Å². The fourth-order valence-electron chi connectivity index (χ4n) is 2.70. The fourth-order valence-corrected chi connectivity index (χ4v) is 2.86. The minimum absolute atomic E-state index is 0.0122. The third-order valence-corrected chi connectivity index (χ3v) is 4.19. The first-order valence-electron chi connectivity index (χ1n) is 6.35. The third-order valence-electron chi connectivity index (χ3n) is 3.98. The second-order valence-electron chi connectivity index (χ2n) is 5.13. The Kier molecular flexibility index (Phi) is 2.96. The number of nitrogens with zero attached hydrogens (tertiary/aromatic N) is 1. The molecule has 0 aliphatic heterocycles. The molecule has 3 rings (SSSR count). The van der Waals surface area contributed by atoms with Crippen LogP contribution in [0.2, 0.25) is 5.02 Å². The third kappa shape index (κ3) is 2.09. The number of pyridine rings is 1. The number of anilines is 1. The summed E-state index contributed by atoms with van der Waals surface area (Å²) in [5.41, 5.74) is 14.5. The molecule has 1 unspecified atom stereocenters. The van der Waals surface area contributed by atoms with Crippen LogP contribution in [0.4, 0.5) is 5.82 Å². The minimum Gasteiger partial charge on any atom is -0.383 e. The number of hydrogen-bond acceptors (Lipinski definition) is 3. The van der Waals surface area contributed by atoms with Gasteiger partial charge in [-0.1, -0.05) is 41.9 Å². The van der Waals surface area contributed by atoms with Gasteiger partial charge in [0.2, 0.25) is 0 Å². The highest BCUT2D eigenvalue weighted by Crippen LogP contribution is 2.56. The average Bonchev–Trinajstić information content (AvgIpc) is 3.23. The molecular formula is C15H16ClN3. The molecule has 1 atom stereocenters. The lowest BCUT2D eigenvalue weighted by atomic mass is 9.84. The Labute approximate surface area is 117 Å². The minimum atomic E-state index is -0.166. The summed E-state index contributed by atoms with van der Waals surface area (Å²) < 4.78 is 0. The zero-order chi connectivity index (χ0) is 13.5. The van der Waals surface area contributed by atoms with Crippen molar-refractivity contribution in [3.8, 4) is 0 Å². The first kappa shape index (κ1) is 12.5. The van der Waals surface area contributed by atoms with E-state index < -0.39 is 0 Å². The van der Waals surface area contributed by atoms with Gasteiger partial charge in [-0.3, -0.25) is 0 Å². The van der Waals surface area contributed by atoms with E-state index in [0.717, 1.165) is 18.4 Å². The van der Waals surface area contributed by atoms with Crippen LogP contribution < -0.4 is 11.5 Å². The summed E-state index contributed by atoms with van der Waals surface area (Å²) in [5.74, 6) is 0.471. The first-order valence-corrected chi connectivity index (χ1v) is 6.73. The number of benzene rings is 1. The van der Waals surface area contributed by atoms with Gasteiger partial charge in [0.25, 0.3) is 0 Å². The van der Waals surface area contributed by atoms with Crippen LogP contribution in [0.25, 0.3) is 0 Å². The maximum absolute atomic E-state index is 6.46. The lowest BCUT2D eigenvalue weighted by Gasteiger charge is -2.25. The topological polar surface area (TPSA) is 64.9 Å². The number of nitrogens with two attached hydrogens (primary N) is 2. The number of rotatable bonds is 3. The van der Waals surface area contributed by atoms with E-state index >= 15 is 0 Å². The van der Waals surface area contributed by atoms with Gasteiger partial charge >= 0.3 is 0 Å². The van der Waals surface area contributed by atoms with Gasteiger partial charge in [0, 0.05) is 23.2 Å². The molecule has 2 aromatic rings. The number of hydrogen-bond donors (Lipinski definition) is 2. The van der Waals surface area contributed by atoms with E-state index in [1.54, 1.807) is 6.20 Å². The molecule has 1 saturated carbocycles. The van der Waals surface area contributed by atoms with E-state index in [9.17, 15) is 0 Å². The van der Waals surface area contributed by atoms with Crippen LogP contribution in [0.3, 0.4) is 0 Å². The van der Waals surface area contributed by atoms with Crippen molar-refractivity contribution >= 4 is 17.4 Å². The highest BCUT2D eigenvalue weighted by molar-refractivity contribution is 6.30. The Morgan fingerprint density at radius 3 is 2.53 bits per heavy atom. The molecule has 0 bridgehead atoms. The van der Waals surface area contributed by atoms with Crippen LogP contribution in [-0.4, -0.2) is 4.98 Å². The molecule has 3 nitrogen and oxygen atoms in total. The molecule has 4 heteroatoms. The Morgan fingerprint density at radius 2 is 1.89 bits per heavy atom. The number of aromatic nitrogens is 1. The lowest BCUT2D eigenvalue weighted by Crippen LogP contribution is -2.27. The number of halogens is 1. The van der Waals surface area contributed by atoms with E-state index in [0.29, 0.717) is 10.8 Å². The molecule has 4 N–H and O–H groups in total. The van der Waals surface area contributed by atoms with Gasteiger partial charge in [0.15, 0.2) is 0 Å². The maximum atomic E-state index is 6.46. The summed E-state index contributed by atoms with van der Waals surface area (Å²) in [6.07, 6.45) is 3.70. The van der Waals surface area contributed by atoms with Gasteiger partial charge in [-0.2, -0.15) is 0 Å². The standard InChI is InChI=1S/C15H16ClN3/c16-11-8-12(14(18)19-9-11)13(17)15(6-7-15)10-4-2-1-3-5-10/h1-5,8-9,13H,6-7,17H2,(H2,18,19). The van der Waals surface area contributed by atoms with Crippen LogP contribution in [-0.2, 0) is 5.41 Å². The van der Waals surface area contributed by atoms with Crippen molar-refractivity contribution in [1.29, 1.82) is 0 Å². The van der Waals surface area contributed by atoms with Gasteiger partial charge in [-0.15, -0.1) is 0 Å². The molecule has 0 radical (unpaired) electrons. The van der Waals surface area contributed by atoms with Gasteiger partial charge in [-0.25, -0.2) is 4.98 Å². The monoisotopic (exact) mass is 273 g/mol. The molecule has 0 spiro atoms. The van der Waals surface area contributed by atoms with E-state index in [4.69, 9.17) is 23.1 Å². The van der Waals surface area contributed by atoms with E-state index in [1.807, 2.05) is 24.3 Å². The number of nitrogen functional groups attached to an aromatic ring is 1. The average molecular weight is 274 g/mol. The second kappa shape index (κ2) is 4.51. The van der Waals surface area contributed by atoms with Crippen molar-refractivity contribution in [2.45, 2.75) is 24.3 Å². The van der Waals surface area contributed by atoms with Crippen molar-refractivity contribution < 1.29 is 0 Å². The van der Waals surface area contributed by atoms with Crippen LogP contribution in [0.1, 0.15) is 30.0 Å². The van der Waals surface area contributed by atoms with E-state index in [-0.39, 0.29) is 11.5 Å². The molecular weight excluding hydrogens is 258 g/mol. The summed E-state index contributed by atoms with van der Waals surface area (Å²) in [7, 11) is 0. The highest BCUT2D eigenvalue weighted by Gasteiger charge is 2.50. The zero-order valence-corrected chi connectivity index (χ0v) is 11.3. The van der Waals surface area contributed by atoms with Crippen molar-refractivity contribution in [2.24, 2.45) is 5.73 Å². The quantitative estimate of drug-likeness (QED) is 0.903. The van der Waals surface area contributed by atoms with Gasteiger partial charge in [0.1, 0.15) is 5.82 Å². The van der Waals surface area contributed by atoms with E-state index in [1.165, 1.54) is 5.56 Å². The molecule has 1 aromatic carbocycles. The van der Waals surface area contributed by atoms with Crippen LogP contribution in [0.5, 0.6) is 0 Å². The van der Waals surface area contributed by atoms with Crippen LogP contribution >= 0.6 is 11.6 Å². The molecule has 1 fully saturated rings. The molecule has 1 aliphatic carbocycles. The smallest absolute Gasteiger partial charge is 0.128 e. The summed E-state index contributed by atoms with van der Waals surface area (Å²) in [4.78, 5) is 4.10. The summed E-state index contributed by atoms with van der Waals surface area (Å²) >= 11 is 6.00. The largest absolute Gasteiger partial charge is 0.383 e. The Bertz CT molecular complexity index is 594. The molecule has 0 saturated heterocycles. The molecule has 19 heavy (non-hydrogen) atoms. The normalized spacial score (nSPS) is 18.0. The Balaban J connectivity index is 2.00. The SMILES string of the molecule is Nc1ncc(Cl)cc1C(N)C1(c2ccccc2)CC1. The zero-order valence-electron chi connectivity index (χ0n) is 10.5. The summed E-state index contributed by atoms with van der Waals surface area (Å²) in [6, 6.07) is 12.0. The summed E-state index contributed by atoms with van der Waals surface area (Å²) in [5, 5.41) is 0.573. The lowest BCUT2D eigenvalue weighted by molar-refractivity contribution is 0.541. The van der Waals surface area contributed by atoms with Crippen LogP contribution in [0.15, 0.2) is 42.6 Å². The molecule has 1 aromatic heterocycles. The Hall–Kier alpha value is -1.58. The van der Waals surface area contributed by atoms with Crippen molar-refractivity contribution in [2.75, 3.05) is 5.73 Å². The maximum Gasteiger partial charge on any atom is 0.128 e. The Morgan fingerprint density at radius 1 is 1.21 bits per heavy atom.